The minimum absolute atomic E-state index is 0.151. The van der Waals surface area contributed by atoms with E-state index in [1.54, 1.807) is 19.2 Å². The molecule has 0 radical (unpaired) electrons. The van der Waals surface area contributed by atoms with Gasteiger partial charge < -0.3 is 14.8 Å². The maximum Gasteiger partial charge on any atom is 0.128 e. The Bertz CT molecular complexity index is 873. The Labute approximate surface area is 135 Å². The molecule has 3 rings (SSSR count). The van der Waals surface area contributed by atoms with Crippen molar-refractivity contribution >= 4 is 10.9 Å². The summed E-state index contributed by atoms with van der Waals surface area (Å²) < 4.78 is 5.44. The van der Waals surface area contributed by atoms with E-state index in [4.69, 9.17) is 10.00 Å². The number of aromatic nitrogens is 1. The normalized spacial score (nSPS) is 12.0. The molecule has 0 aliphatic heterocycles. The number of H-pyrrole nitrogens is 1. The van der Waals surface area contributed by atoms with E-state index in [9.17, 15) is 5.11 Å². The summed E-state index contributed by atoms with van der Waals surface area (Å²) in [6.45, 7) is 2.12. The highest BCUT2D eigenvalue weighted by Crippen LogP contribution is 2.35. The quantitative estimate of drug-likeness (QED) is 0.762. The van der Waals surface area contributed by atoms with E-state index in [2.05, 4.69) is 18.0 Å². The molecule has 23 heavy (non-hydrogen) atoms. The number of aromatic amines is 1. The van der Waals surface area contributed by atoms with Crippen molar-refractivity contribution in [2.45, 2.75) is 19.3 Å². The Morgan fingerprint density at radius 1 is 1.22 bits per heavy atom. The van der Waals surface area contributed by atoms with Crippen LogP contribution in [0, 0.1) is 11.3 Å². The van der Waals surface area contributed by atoms with Crippen LogP contribution in [0.4, 0.5) is 0 Å². The first-order valence-electron chi connectivity index (χ1n) is 7.48. The average Bonchev–Trinajstić information content (AvgIpc) is 2.98. The number of rotatable bonds is 4. The number of fused-ring (bicyclic) bond motifs is 1. The molecule has 0 saturated heterocycles. The van der Waals surface area contributed by atoms with Gasteiger partial charge in [0.2, 0.25) is 0 Å². The first-order chi connectivity index (χ1) is 11.1. The van der Waals surface area contributed by atoms with E-state index in [-0.39, 0.29) is 11.7 Å². The van der Waals surface area contributed by atoms with Gasteiger partial charge in [-0.25, -0.2) is 0 Å². The second-order valence-corrected chi connectivity index (χ2v) is 5.59. The lowest BCUT2D eigenvalue weighted by Crippen LogP contribution is -1.98. The molecule has 2 aromatic carbocycles. The summed E-state index contributed by atoms with van der Waals surface area (Å²) in [5.74, 6) is 1.21. The second kappa shape index (κ2) is 6.05. The highest BCUT2D eigenvalue weighted by Gasteiger charge is 2.16. The van der Waals surface area contributed by atoms with Gasteiger partial charge in [0.25, 0.3) is 0 Å². The number of nitriles is 1. The zero-order valence-electron chi connectivity index (χ0n) is 13.1. The van der Waals surface area contributed by atoms with Crippen LogP contribution >= 0.6 is 0 Å². The van der Waals surface area contributed by atoms with Crippen molar-refractivity contribution in [3.63, 3.8) is 0 Å². The van der Waals surface area contributed by atoms with Gasteiger partial charge in [-0.15, -0.1) is 0 Å². The summed E-state index contributed by atoms with van der Waals surface area (Å²) in [5.41, 5.74) is 4.13. The lowest BCUT2D eigenvalue weighted by Gasteiger charge is -2.15. The fourth-order valence-corrected chi connectivity index (χ4v) is 2.93. The first kappa shape index (κ1) is 15.0. The van der Waals surface area contributed by atoms with E-state index in [1.165, 1.54) is 0 Å². The predicted molar refractivity (Wildman–Crippen MR) is 89.8 cm³/mol. The number of benzene rings is 2. The number of aromatic hydroxyl groups is 1. The van der Waals surface area contributed by atoms with Gasteiger partial charge in [-0.3, -0.25) is 0 Å². The number of nitrogens with zero attached hydrogens (tertiary/aromatic N) is 1. The van der Waals surface area contributed by atoms with Gasteiger partial charge in [0.05, 0.1) is 25.1 Å². The van der Waals surface area contributed by atoms with E-state index in [1.807, 2.05) is 30.3 Å². The molecule has 0 saturated carbocycles. The molecule has 4 nitrogen and oxygen atoms in total. The number of hydrogen-bond donors (Lipinski definition) is 2. The number of ether oxygens (including phenoxy) is 1. The molecule has 3 aromatic rings. The molecule has 0 spiro atoms. The van der Waals surface area contributed by atoms with Gasteiger partial charge >= 0.3 is 0 Å². The maximum atomic E-state index is 9.46. The molecular formula is C19H18N2O2. The largest absolute Gasteiger partial charge is 0.508 e. The maximum absolute atomic E-state index is 9.46. The molecular weight excluding hydrogens is 288 g/mol. The van der Waals surface area contributed by atoms with Gasteiger partial charge in [0.1, 0.15) is 11.5 Å². The summed E-state index contributed by atoms with van der Waals surface area (Å²) >= 11 is 0. The van der Waals surface area contributed by atoms with Gasteiger partial charge in [-0.1, -0.05) is 25.1 Å². The summed E-state index contributed by atoms with van der Waals surface area (Å²) in [6, 6.07) is 15.4. The van der Waals surface area contributed by atoms with E-state index in [0.29, 0.717) is 6.42 Å². The van der Waals surface area contributed by atoms with E-state index < -0.39 is 0 Å². The number of phenols is 1. The molecule has 1 aromatic heterocycles. The van der Waals surface area contributed by atoms with Gasteiger partial charge in [-0.2, -0.15) is 5.26 Å². The first-order valence-corrected chi connectivity index (χ1v) is 7.48. The van der Waals surface area contributed by atoms with Crippen molar-refractivity contribution in [1.29, 1.82) is 5.26 Å². The smallest absolute Gasteiger partial charge is 0.128 e. The van der Waals surface area contributed by atoms with Crippen LogP contribution in [-0.2, 0) is 6.42 Å². The fraction of sp³-hybridized carbons (Fsp3) is 0.211. The molecule has 4 heteroatoms. The van der Waals surface area contributed by atoms with Gasteiger partial charge in [0.15, 0.2) is 0 Å². The minimum Gasteiger partial charge on any atom is -0.508 e. The molecule has 1 atom stereocenters. The summed E-state index contributed by atoms with van der Waals surface area (Å²) in [6.07, 6.45) is 0.338. The topological polar surface area (TPSA) is 69.0 Å². The second-order valence-electron chi connectivity index (χ2n) is 5.59. The van der Waals surface area contributed by atoms with Crippen LogP contribution in [0.5, 0.6) is 11.5 Å². The summed E-state index contributed by atoms with van der Waals surface area (Å²) in [5, 5.41) is 19.4. The lowest BCUT2D eigenvalue weighted by atomic mass is 9.91. The Balaban J connectivity index is 2.13. The van der Waals surface area contributed by atoms with Crippen LogP contribution in [0.2, 0.25) is 0 Å². The third-order valence-corrected chi connectivity index (χ3v) is 4.19. The molecule has 116 valence electrons. The van der Waals surface area contributed by atoms with Crippen LogP contribution in [0.15, 0.2) is 42.5 Å². The van der Waals surface area contributed by atoms with Crippen molar-refractivity contribution in [2.75, 3.05) is 7.11 Å². The van der Waals surface area contributed by atoms with Crippen molar-refractivity contribution in [1.82, 2.24) is 4.98 Å². The van der Waals surface area contributed by atoms with Crippen LogP contribution < -0.4 is 4.74 Å². The molecule has 0 bridgehead atoms. The lowest BCUT2D eigenvalue weighted by molar-refractivity contribution is 0.419. The minimum atomic E-state index is 0.151. The predicted octanol–water partition coefficient (Wildman–Crippen LogP) is 4.10. The van der Waals surface area contributed by atoms with E-state index in [0.717, 1.165) is 33.5 Å². The summed E-state index contributed by atoms with van der Waals surface area (Å²) in [4.78, 5) is 3.35. The van der Waals surface area contributed by atoms with Crippen LogP contribution in [0.25, 0.3) is 10.9 Å². The third kappa shape index (κ3) is 2.74. The highest BCUT2D eigenvalue weighted by atomic mass is 16.5. The molecule has 0 amide bonds. The van der Waals surface area contributed by atoms with Crippen molar-refractivity contribution in [3.8, 4) is 17.6 Å². The average molecular weight is 306 g/mol. The Kier molecular flexibility index (Phi) is 3.94. The number of phenolic OH excluding ortho intramolecular Hbond substituents is 1. The molecule has 1 heterocycles. The SMILES string of the molecule is COc1ccc([C@@H](C)c2ccc(O)cc2)c2[nH]c(CC#N)cc12. The van der Waals surface area contributed by atoms with Gasteiger partial charge in [0, 0.05) is 17.0 Å². The standard InChI is InChI=1S/C19H18N2O2/c1-12(13-3-5-15(22)6-4-13)16-7-8-18(23-2)17-11-14(9-10-20)21-19(16)17/h3-8,11-12,21-22H,9H2,1-2H3/t12-/m0/s1. The monoisotopic (exact) mass is 306 g/mol. The number of nitrogens with one attached hydrogen (secondary N) is 1. The van der Waals surface area contributed by atoms with E-state index >= 15 is 0 Å². The Hall–Kier alpha value is -2.93. The van der Waals surface area contributed by atoms with Crippen molar-refractivity contribution in [3.05, 3.63) is 59.3 Å². The molecule has 0 aliphatic carbocycles. The molecule has 0 unspecified atom stereocenters. The van der Waals surface area contributed by atoms with Crippen LogP contribution in [0.3, 0.4) is 0 Å². The highest BCUT2D eigenvalue weighted by molar-refractivity contribution is 5.90. The number of methoxy groups -OCH3 is 1. The Morgan fingerprint density at radius 3 is 2.61 bits per heavy atom. The third-order valence-electron chi connectivity index (χ3n) is 4.19. The molecule has 0 fully saturated rings. The Morgan fingerprint density at radius 2 is 1.96 bits per heavy atom. The molecule has 0 aliphatic rings. The zero-order valence-corrected chi connectivity index (χ0v) is 13.1. The summed E-state index contributed by atoms with van der Waals surface area (Å²) in [7, 11) is 1.65. The van der Waals surface area contributed by atoms with Gasteiger partial charge in [-0.05, 0) is 35.4 Å². The van der Waals surface area contributed by atoms with Crippen LogP contribution in [0.1, 0.15) is 29.7 Å². The van der Waals surface area contributed by atoms with Crippen LogP contribution in [-0.4, -0.2) is 17.2 Å². The molecule has 2 N–H and O–H groups in total. The fourth-order valence-electron chi connectivity index (χ4n) is 2.93. The zero-order chi connectivity index (χ0) is 16.4. The number of hydrogen-bond acceptors (Lipinski definition) is 3. The van der Waals surface area contributed by atoms with Crippen molar-refractivity contribution < 1.29 is 9.84 Å². The van der Waals surface area contributed by atoms with Crippen molar-refractivity contribution in [2.24, 2.45) is 0 Å².